The van der Waals surface area contributed by atoms with E-state index in [1.165, 1.54) is 29.8 Å². The second-order valence-corrected chi connectivity index (χ2v) is 13.3. The van der Waals surface area contributed by atoms with Gasteiger partial charge in [-0.1, -0.05) is 45.0 Å². The second kappa shape index (κ2) is 8.96. The molecule has 1 aliphatic heterocycles. The molecule has 1 heterocycles. The van der Waals surface area contributed by atoms with Crippen LogP contribution in [0.15, 0.2) is 53.4 Å². The van der Waals surface area contributed by atoms with Gasteiger partial charge in [-0.25, -0.2) is 21.6 Å². The number of hydrogen-bond acceptors (Lipinski definition) is 5. The zero-order valence-electron chi connectivity index (χ0n) is 18.8. The molecule has 0 aliphatic carbocycles. The van der Waals surface area contributed by atoms with Crippen LogP contribution in [-0.4, -0.2) is 52.2 Å². The van der Waals surface area contributed by atoms with Crippen molar-refractivity contribution in [3.8, 4) is 0 Å². The Kier molecular flexibility index (Phi) is 6.83. The number of rotatable bonds is 6. The highest BCUT2D eigenvalue weighted by Crippen LogP contribution is 2.23. The van der Waals surface area contributed by atoms with Crippen LogP contribution in [0.3, 0.4) is 0 Å². The molecule has 1 amide bonds. The summed E-state index contributed by atoms with van der Waals surface area (Å²) in [5.74, 6) is -0.424. The number of carbonyl (C=O) groups is 1. The fourth-order valence-corrected chi connectivity index (χ4v) is 6.68. The molecule has 0 saturated carbocycles. The fourth-order valence-electron chi connectivity index (χ4n) is 3.63. The van der Waals surface area contributed by atoms with Crippen molar-refractivity contribution in [2.45, 2.75) is 50.1 Å². The predicted molar refractivity (Wildman–Crippen MR) is 125 cm³/mol. The number of hydrogen-bond donors (Lipinski definition) is 1. The molecule has 0 radical (unpaired) electrons. The van der Waals surface area contributed by atoms with E-state index >= 15 is 0 Å². The summed E-state index contributed by atoms with van der Waals surface area (Å²) in [7, 11) is -5.35. The molecule has 2 aromatic carbocycles. The quantitative estimate of drug-likeness (QED) is 0.688. The van der Waals surface area contributed by atoms with Gasteiger partial charge in [0.2, 0.25) is 10.0 Å². The summed E-state index contributed by atoms with van der Waals surface area (Å²) in [6, 6.07) is 13.2. The number of nitrogens with one attached hydrogen (secondary N) is 1. The maximum Gasteiger partial charge on any atom is 0.253 e. The Hall–Kier alpha value is -2.23. The fraction of sp³-hybridized carbons (Fsp3) is 0.435. The molecule has 2 aromatic rings. The van der Waals surface area contributed by atoms with E-state index in [4.69, 9.17) is 0 Å². The van der Waals surface area contributed by atoms with E-state index in [1.54, 1.807) is 11.9 Å². The molecule has 1 unspecified atom stereocenters. The minimum Gasteiger partial charge on any atom is -0.337 e. The lowest BCUT2D eigenvalue weighted by Crippen LogP contribution is -2.35. The molecule has 174 valence electrons. The van der Waals surface area contributed by atoms with E-state index in [0.29, 0.717) is 12.1 Å². The van der Waals surface area contributed by atoms with Gasteiger partial charge in [-0.05, 0) is 47.2 Å². The van der Waals surface area contributed by atoms with E-state index in [2.05, 4.69) is 37.6 Å². The highest BCUT2D eigenvalue weighted by molar-refractivity contribution is 7.92. The SMILES string of the molecule is CN(Cc1ccc(C(C)(C)C)cc1)C(=O)c1ccc(S(=O)(=O)NC2CCS(=O)(=O)C2)cc1. The normalized spacial score (nSPS) is 18.4. The third kappa shape index (κ3) is 5.96. The van der Waals surface area contributed by atoms with Crippen molar-refractivity contribution in [3.05, 3.63) is 65.2 Å². The maximum atomic E-state index is 12.8. The van der Waals surface area contributed by atoms with Gasteiger partial charge in [0, 0.05) is 25.2 Å². The van der Waals surface area contributed by atoms with E-state index < -0.39 is 25.9 Å². The van der Waals surface area contributed by atoms with Crippen molar-refractivity contribution < 1.29 is 21.6 Å². The molecule has 7 nitrogen and oxygen atoms in total. The van der Waals surface area contributed by atoms with E-state index in [0.717, 1.165) is 5.56 Å². The molecule has 3 rings (SSSR count). The lowest BCUT2D eigenvalue weighted by molar-refractivity contribution is 0.0785. The van der Waals surface area contributed by atoms with Crippen molar-refractivity contribution in [2.24, 2.45) is 0 Å². The van der Waals surface area contributed by atoms with Gasteiger partial charge in [0.25, 0.3) is 5.91 Å². The van der Waals surface area contributed by atoms with Crippen LogP contribution in [0.25, 0.3) is 0 Å². The first-order chi connectivity index (χ1) is 14.8. The Morgan fingerprint density at radius 3 is 2.16 bits per heavy atom. The highest BCUT2D eigenvalue weighted by Gasteiger charge is 2.31. The smallest absolute Gasteiger partial charge is 0.253 e. The summed E-state index contributed by atoms with van der Waals surface area (Å²) in [4.78, 5) is 14.4. The van der Waals surface area contributed by atoms with Crippen molar-refractivity contribution in [1.82, 2.24) is 9.62 Å². The van der Waals surface area contributed by atoms with Gasteiger partial charge in [0.05, 0.1) is 16.4 Å². The second-order valence-electron chi connectivity index (χ2n) is 9.35. The first kappa shape index (κ1) is 24.4. The Bertz CT molecular complexity index is 1180. The van der Waals surface area contributed by atoms with Crippen LogP contribution >= 0.6 is 0 Å². The number of benzene rings is 2. The van der Waals surface area contributed by atoms with Gasteiger partial charge >= 0.3 is 0 Å². The van der Waals surface area contributed by atoms with Gasteiger partial charge < -0.3 is 4.90 Å². The number of amides is 1. The van der Waals surface area contributed by atoms with E-state index in [9.17, 15) is 21.6 Å². The van der Waals surface area contributed by atoms with Crippen LogP contribution in [0.2, 0.25) is 0 Å². The van der Waals surface area contributed by atoms with Crippen molar-refractivity contribution in [3.63, 3.8) is 0 Å². The van der Waals surface area contributed by atoms with Crippen LogP contribution in [-0.2, 0) is 31.8 Å². The summed E-state index contributed by atoms with van der Waals surface area (Å²) >= 11 is 0. The molecule has 1 saturated heterocycles. The van der Waals surface area contributed by atoms with Crippen LogP contribution < -0.4 is 4.72 Å². The Balaban J connectivity index is 1.65. The van der Waals surface area contributed by atoms with Gasteiger partial charge in [0.15, 0.2) is 9.84 Å². The highest BCUT2D eigenvalue weighted by atomic mass is 32.2. The van der Waals surface area contributed by atoms with Gasteiger partial charge in [-0.2, -0.15) is 0 Å². The minimum atomic E-state index is -3.86. The first-order valence-corrected chi connectivity index (χ1v) is 13.7. The third-order valence-corrected chi connectivity index (χ3v) is 8.86. The lowest BCUT2D eigenvalue weighted by atomic mass is 9.87. The van der Waals surface area contributed by atoms with Gasteiger partial charge in [-0.3, -0.25) is 4.79 Å². The molecular weight excluding hydrogens is 448 g/mol. The van der Waals surface area contributed by atoms with Crippen molar-refractivity contribution in [2.75, 3.05) is 18.6 Å². The Labute approximate surface area is 190 Å². The molecule has 1 fully saturated rings. The summed E-state index contributed by atoms with van der Waals surface area (Å²) in [6.07, 6.45) is 0.264. The van der Waals surface area contributed by atoms with Crippen LogP contribution in [0.5, 0.6) is 0 Å². The average Bonchev–Trinajstić information content (AvgIpc) is 3.04. The topological polar surface area (TPSA) is 101 Å². The van der Waals surface area contributed by atoms with Crippen LogP contribution in [0.1, 0.15) is 48.7 Å². The molecule has 0 aromatic heterocycles. The molecule has 9 heteroatoms. The predicted octanol–water partition coefficient (Wildman–Crippen LogP) is 2.72. The molecule has 1 atom stereocenters. The molecule has 0 spiro atoms. The minimum absolute atomic E-state index is 0.00114. The molecule has 0 bridgehead atoms. The van der Waals surface area contributed by atoms with Crippen molar-refractivity contribution >= 4 is 25.8 Å². The number of nitrogens with zero attached hydrogens (tertiary/aromatic N) is 1. The summed E-state index contributed by atoms with van der Waals surface area (Å²) < 4.78 is 50.7. The average molecular weight is 479 g/mol. The summed E-state index contributed by atoms with van der Waals surface area (Å²) in [5.41, 5.74) is 2.66. The zero-order valence-corrected chi connectivity index (χ0v) is 20.5. The van der Waals surface area contributed by atoms with Crippen molar-refractivity contribution in [1.29, 1.82) is 0 Å². The zero-order chi connectivity index (χ0) is 23.7. The molecule has 1 N–H and O–H groups in total. The lowest BCUT2D eigenvalue weighted by Gasteiger charge is -2.21. The summed E-state index contributed by atoms with van der Waals surface area (Å²) in [5, 5.41) is 0. The Morgan fingerprint density at radius 2 is 1.66 bits per heavy atom. The number of sulfonamides is 1. The Morgan fingerprint density at radius 1 is 1.06 bits per heavy atom. The van der Waals surface area contributed by atoms with E-state index in [-0.39, 0.29) is 34.1 Å². The standard InChI is InChI=1S/C23H30N2O5S2/c1-23(2,3)19-9-5-17(6-10-19)15-25(4)22(26)18-7-11-21(12-8-18)32(29,30)24-20-13-14-31(27,28)16-20/h5-12,20,24H,13-16H2,1-4H3. The monoisotopic (exact) mass is 478 g/mol. The molecular formula is C23H30N2O5S2. The maximum absolute atomic E-state index is 12.8. The van der Waals surface area contributed by atoms with Crippen LogP contribution in [0.4, 0.5) is 0 Å². The van der Waals surface area contributed by atoms with E-state index in [1.807, 2.05) is 12.1 Å². The van der Waals surface area contributed by atoms with Gasteiger partial charge in [0.1, 0.15) is 0 Å². The largest absolute Gasteiger partial charge is 0.337 e. The summed E-state index contributed by atoms with van der Waals surface area (Å²) in [6.45, 7) is 6.87. The molecule has 1 aliphatic rings. The number of carbonyl (C=O) groups excluding carboxylic acids is 1. The third-order valence-electron chi connectivity index (χ3n) is 5.55. The van der Waals surface area contributed by atoms with Crippen LogP contribution in [0, 0.1) is 0 Å². The number of sulfone groups is 1. The van der Waals surface area contributed by atoms with Gasteiger partial charge in [-0.15, -0.1) is 0 Å². The first-order valence-electron chi connectivity index (χ1n) is 10.4. The molecule has 32 heavy (non-hydrogen) atoms.